The van der Waals surface area contributed by atoms with E-state index in [1.54, 1.807) is 7.11 Å². The number of hydrogen-bond acceptors (Lipinski definition) is 5. The SMILES string of the molecule is CCO[C@H]1OC(C(=O)NCC2CC2)=C[C@@H](c2ccc(OC)cc2)[C@H]1CCCO. The minimum absolute atomic E-state index is 0.0143. The van der Waals surface area contributed by atoms with Crippen LogP contribution in [-0.4, -0.2) is 44.2 Å². The molecule has 0 spiro atoms. The number of benzene rings is 1. The van der Waals surface area contributed by atoms with E-state index in [4.69, 9.17) is 14.2 Å². The number of allylic oxidation sites excluding steroid dienone is 1. The molecule has 2 N–H and O–H groups in total. The Morgan fingerprint density at radius 1 is 1.29 bits per heavy atom. The number of amides is 1. The van der Waals surface area contributed by atoms with Gasteiger partial charge < -0.3 is 24.6 Å². The summed E-state index contributed by atoms with van der Waals surface area (Å²) in [6, 6.07) is 7.87. The molecule has 0 saturated heterocycles. The van der Waals surface area contributed by atoms with Gasteiger partial charge in [-0.25, -0.2) is 0 Å². The van der Waals surface area contributed by atoms with Crippen molar-refractivity contribution in [2.24, 2.45) is 11.8 Å². The van der Waals surface area contributed by atoms with Gasteiger partial charge in [0.05, 0.1) is 7.11 Å². The van der Waals surface area contributed by atoms with Gasteiger partial charge in [0.15, 0.2) is 5.76 Å². The van der Waals surface area contributed by atoms with E-state index in [0.717, 1.165) is 17.7 Å². The van der Waals surface area contributed by atoms with Crippen LogP contribution in [0.2, 0.25) is 0 Å². The first-order valence-electron chi connectivity index (χ1n) is 10.2. The Balaban J connectivity index is 1.86. The van der Waals surface area contributed by atoms with Crippen molar-refractivity contribution in [2.75, 3.05) is 26.9 Å². The van der Waals surface area contributed by atoms with Crippen LogP contribution in [0.1, 0.15) is 44.1 Å². The van der Waals surface area contributed by atoms with Crippen LogP contribution in [0.3, 0.4) is 0 Å². The van der Waals surface area contributed by atoms with E-state index in [1.807, 2.05) is 37.3 Å². The summed E-state index contributed by atoms with van der Waals surface area (Å²) < 4.78 is 17.1. The first-order chi connectivity index (χ1) is 13.7. The summed E-state index contributed by atoms with van der Waals surface area (Å²) in [4.78, 5) is 12.7. The Labute approximate surface area is 166 Å². The smallest absolute Gasteiger partial charge is 0.286 e. The monoisotopic (exact) mass is 389 g/mol. The molecule has 2 aliphatic rings. The second-order valence-electron chi connectivity index (χ2n) is 7.45. The zero-order chi connectivity index (χ0) is 19.9. The molecule has 1 aromatic carbocycles. The summed E-state index contributed by atoms with van der Waals surface area (Å²) >= 11 is 0. The third-order valence-electron chi connectivity index (χ3n) is 5.38. The fraction of sp³-hybridized carbons (Fsp3) is 0.591. The number of nitrogens with one attached hydrogen (secondary N) is 1. The molecule has 1 aliphatic heterocycles. The Bertz CT molecular complexity index is 668. The van der Waals surface area contributed by atoms with Crippen molar-refractivity contribution in [2.45, 2.75) is 44.8 Å². The maximum atomic E-state index is 12.7. The van der Waals surface area contributed by atoms with Gasteiger partial charge in [-0.15, -0.1) is 0 Å². The van der Waals surface area contributed by atoms with E-state index in [-0.39, 0.29) is 24.3 Å². The molecule has 1 fully saturated rings. The number of methoxy groups -OCH3 is 1. The van der Waals surface area contributed by atoms with Crippen LogP contribution in [0.15, 0.2) is 36.1 Å². The minimum atomic E-state index is -0.518. The lowest BCUT2D eigenvalue weighted by Crippen LogP contribution is -2.39. The molecular weight excluding hydrogens is 358 g/mol. The van der Waals surface area contributed by atoms with Crippen LogP contribution in [0, 0.1) is 11.8 Å². The number of aliphatic hydroxyl groups excluding tert-OH is 1. The summed E-state index contributed by atoms with van der Waals surface area (Å²) in [5, 5.41) is 12.3. The lowest BCUT2D eigenvalue weighted by atomic mass is 9.80. The summed E-state index contributed by atoms with van der Waals surface area (Å²) in [6.07, 6.45) is 5.14. The third-order valence-corrected chi connectivity index (χ3v) is 5.38. The average Bonchev–Trinajstić information content (AvgIpc) is 3.55. The van der Waals surface area contributed by atoms with Crippen molar-refractivity contribution in [3.8, 4) is 5.75 Å². The van der Waals surface area contributed by atoms with E-state index in [1.165, 1.54) is 12.8 Å². The molecule has 0 unspecified atom stereocenters. The summed E-state index contributed by atoms with van der Waals surface area (Å²) in [5.74, 6) is 1.50. The molecule has 1 saturated carbocycles. The van der Waals surface area contributed by atoms with Crippen LogP contribution in [0.25, 0.3) is 0 Å². The molecule has 28 heavy (non-hydrogen) atoms. The molecule has 3 rings (SSSR count). The second-order valence-corrected chi connectivity index (χ2v) is 7.45. The van der Waals surface area contributed by atoms with Crippen molar-refractivity contribution in [3.63, 3.8) is 0 Å². The molecule has 154 valence electrons. The Hall–Kier alpha value is -2.05. The van der Waals surface area contributed by atoms with Gasteiger partial charge >= 0.3 is 0 Å². The molecule has 1 aliphatic carbocycles. The highest BCUT2D eigenvalue weighted by Gasteiger charge is 2.38. The molecule has 1 amide bonds. The summed E-state index contributed by atoms with van der Waals surface area (Å²) in [7, 11) is 1.64. The number of ether oxygens (including phenoxy) is 3. The number of aliphatic hydroxyl groups is 1. The topological polar surface area (TPSA) is 77.0 Å². The van der Waals surface area contributed by atoms with Gasteiger partial charge in [-0.3, -0.25) is 4.79 Å². The van der Waals surface area contributed by atoms with E-state index in [9.17, 15) is 9.90 Å². The molecule has 1 aromatic rings. The Kier molecular flexibility index (Phi) is 7.34. The van der Waals surface area contributed by atoms with Crippen LogP contribution < -0.4 is 10.1 Å². The number of carbonyl (C=O) groups is 1. The zero-order valence-electron chi connectivity index (χ0n) is 16.7. The molecule has 6 nitrogen and oxygen atoms in total. The average molecular weight is 389 g/mol. The fourth-order valence-electron chi connectivity index (χ4n) is 3.62. The van der Waals surface area contributed by atoms with Gasteiger partial charge in [0.2, 0.25) is 6.29 Å². The molecule has 0 radical (unpaired) electrons. The Morgan fingerprint density at radius 3 is 2.64 bits per heavy atom. The molecule has 6 heteroatoms. The highest BCUT2D eigenvalue weighted by atomic mass is 16.7. The van der Waals surface area contributed by atoms with Crippen LogP contribution in [-0.2, 0) is 14.3 Å². The molecule has 1 heterocycles. The lowest BCUT2D eigenvalue weighted by Gasteiger charge is -2.37. The number of rotatable bonds is 10. The highest BCUT2D eigenvalue weighted by molar-refractivity contribution is 5.91. The van der Waals surface area contributed by atoms with Crippen molar-refractivity contribution in [1.29, 1.82) is 0 Å². The quantitative estimate of drug-likeness (QED) is 0.643. The normalized spacial score (nSPS) is 24.2. The number of carbonyl (C=O) groups excluding carboxylic acids is 1. The summed E-state index contributed by atoms with van der Waals surface area (Å²) in [6.45, 7) is 3.22. The van der Waals surface area contributed by atoms with Gasteiger partial charge in [-0.2, -0.15) is 0 Å². The molecule has 0 bridgehead atoms. The second kappa shape index (κ2) is 9.94. The predicted molar refractivity (Wildman–Crippen MR) is 106 cm³/mol. The van der Waals surface area contributed by atoms with Gasteiger partial charge in [0, 0.05) is 31.6 Å². The zero-order valence-corrected chi connectivity index (χ0v) is 16.7. The Morgan fingerprint density at radius 2 is 2.04 bits per heavy atom. The maximum Gasteiger partial charge on any atom is 0.286 e. The van der Waals surface area contributed by atoms with Crippen LogP contribution in [0.4, 0.5) is 0 Å². The van der Waals surface area contributed by atoms with Gasteiger partial charge in [0.1, 0.15) is 5.75 Å². The first kappa shape index (κ1) is 20.7. The molecule has 3 atom stereocenters. The van der Waals surface area contributed by atoms with E-state index in [2.05, 4.69) is 5.32 Å². The predicted octanol–water partition coefficient (Wildman–Crippen LogP) is 2.97. The lowest BCUT2D eigenvalue weighted by molar-refractivity contribution is -0.166. The highest BCUT2D eigenvalue weighted by Crippen LogP contribution is 2.40. The van der Waals surface area contributed by atoms with Crippen molar-refractivity contribution < 1.29 is 24.1 Å². The van der Waals surface area contributed by atoms with E-state index >= 15 is 0 Å². The largest absolute Gasteiger partial charge is 0.497 e. The summed E-state index contributed by atoms with van der Waals surface area (Å²) in [5.41, 5.74) is 1.07. The minimum Gasteiger partial charge on any atom is -0.497 e. The van der Waals surface area contributed by atoms with Gasteiger partial charge in [-0.05, 0) is 62.3 Å². The van der Waals surface area contributed by atoms with Gasteiger partial charge in [0.25, 0.3) is 5.91 Å². The standard InChI is InChI=1S/C22H31NO5/c1-3-27-22-18(5-4-12-24)19(16-8-10-17(26-2)11-9-16)13-20(28-22)21(25)23-14-15-6-7-15/h8-11,13,15,18-19,22,24H,3-7,12,14H2,1-2H3,(H,23,25)/t18-,19+,22+/m1/s1. The van der Waals surface area contributed by atoms with Crippen LogP contribution in [0.5, 0.6) is 5.75 Å². The number of hydrogen-bond donors (Lipinski definition) is 2. The fourth-order valence-corrected chi connectivity index (χ4v) is 3.62. The maximum absolute atomic E-state index is 12.7. The first-order valence-corrected chi connectivity index (χ1v) is 10.2. The van der Waals surface area contributed by atoms with E-state index < -0.39 is 6.29 Å². The van der Waals surface area contributed by atoms with Crippen molar-refractivity contribution >= 4 is 5.91 Å². The van der Waals surface area contributed by atoms with Crippen molar-refractivity contribution in [1.82, 2.24) is 5.32 Å². The van der Waals surface area contributed by atoms with Crippen molar-refractivity contribution in [3.05, 3.63) is 41.7 Å². The van der Waals surface area contributed by atoms with Gasteiger partial charge in [-0.1, -0.05) is 12.1 Å². The molecular formula is C22H31NO5. The third kappa shape index (κ3) is 5.26. The molecule has 0 aromatic heterocycles. The van der Waals surface area contributed by atoms with E-state index in [0.29, 0.717) is 31.2 Å². The van der Waals surface area contributed by atoms with Crippen LogP contribution >= 0.6 is 0 Å².